The van der Waals surface area contributed by atoms with Crippen LogP contribution in [-0.2, 0) is 0 Å². The molecule has 0 aromatic carbocycles. The molecule has 3 aromatic rings. The molecule has 0 spiro atoms. The molecule has 19 heavy (non-hydrogen) atoms. The second-order valence-electron chi connectivity index (χ2n) is 3.59. The fraction of sp³-hybridized carbons (Fsp3) is 0.0909. The fourth-order valence-electron chi connectivity index (χ4n) is 1.52. The molecule has 0 saturated carbocycles. The molecule has 0 aliphatic heterocycles. The number of aromatic nitrogens is 4. The maximum absolute atomic E-state index is 12.0. The fourth-order valence-corrected chi connectivity index (χ4v) is 3.42. The minimum absolute atomic E-state index is 0.0317. The van der Waals surface area contributed by atoms with E-state index in [1.807, 2.05) is 0 Å². The number of fused-ring (bicyclic) bond motifs is 1. The van der Waals surface area contributed by atoms with E-state index >= 15 is 0 Å². The van der Waals surface area contributed by atoms with E-state index in [1.54, 1.807) is 18.5 Å². The van der Waals surface area contributed by atoms with E-state index in [0.29, 0.717) is 31.2 Å². The van der Waals surface area contributed by atoms with Crippen LogP contribution in [0.4, 0.5) is 0 Å². The quantitative estimate of drug-likeness (QED) is 0.455. The number of halogens is 1. The first kappa shape index (κ1) is 12.6. The number of nitrogens with zero attached hydrogens (tertiary/aromatic N) is 3. The van der Waals surface area contributed by atoms with Crippen molar-refractivity contribution in [3.05, 3.63) is 34.0 Å². The maximum Gasteiger partial charge on any atom is 0.183 e. The van der Waals surface area contributed by atoms with Crippen LogP contribution in [0.25, 0.3) is 11.2 Å². The van der Waals surface area contributed by atoms with Crippen molar-refractivity contribution in [1.82, 2.24) is 19.9 Å². The third-order valence-electron chi connectivity index (χ3n) is 2.37. The molecular formula is C11H7ClN4OS2. The Morgan fingerprint density at radius 3 is 3.05 bits per heavy atom. The van der Waals surface area contributed by atoms with Gasteiger partial charge < -0.3 is 4.98 Å². The van der Waals surface area contributed by atoms with Crippen molar-refractivity contribution in [3.8, 4) is 0 Å². The van der Waals surface area contributed by atoms with Crippen molar-refractivity contribution in [1.29, 1.82) is 0 Å². The van der Waals surface area contributed by atoms with Gasteiger partial charge in [-0.2, -0.15) is 0 Å². The van der Waals surface area contributed by atoms with Gasteiger partial charge in [-0.15, -0.1) is 11.3 Å². The minimum atomic E-state index is 0.0317. The van der Waals surface area contributed by atoms with Crippen LogP contribution >= 0.6 is 34.7 Å². The van der Waals surface area contributed by atoms with Crippen molar-refractivity contribution in [2.75, 3.05) is 5.75 Å². The summed E-state index contributed by atoms with van der Waals surface area (Å²) in [5, 5.41) is 0.697. The number of Topliss-reactive ketones (excluding diaryl/α,β-unsaturated/α-hetero) is 1. The molecule has 1 N–H and O–H groups in total. The van der Waals surface area contributed by atoms with E-state index in [-0.39, 0.29) is 5.78 Å². The molecule has 0 radical (unpaired) electrons. The largest absolute Gasteiger partial charge is 0.329 e. The van der Waals surface area contributed by atoms with E-state index in [2.05, 4.69) is 19.9 Å². The molecule has 96 valence electrons. The zero-order valence-corrected chi connectivity index (χ0v) is 11.8. The number of nitrogens with one attached hydrogen (secondary N) is 1. The highest BCUT2D eigenvalue weighted by Crippen LogP contribution is 2.26. The Labute approximate surface area is 121 Å². The van der Waals surface area contributed by atoms with Crippen LogP contribution in [0.15, 0.2) is 29.8 Å². The number of hydrogen-bond acceptors (Lipinski definition) is 6. The predicted octanol–water partition coefficient (Wildman–Crippen LogP) is 3.04. The molecule has 3 heterocycles. The standard InChI is InChI=1S/C11H7ClN4OS2/c12-8-2-1-7(19-8)6(17)3-18-11-9-10(14-4-13-9)15-5-16-11/h1-2,4-5H,3H2,(H,13,14,15,16). The van der Waals surface area contributed by atoms with Gasteiger partial charge in [0.05, 0.1) is 21.3 Å². The van der Waals surface area contributed by atoms with Gasteiger partial charge in [0.15, 0.2) is 11.4 Å². The van der Waals surface area contributed by atoms with Crippen molar-refractivity contribution in [3.63, 3.8) is 0 Å². The Hall–Kier alpha value is -1.44. The van der Waals surface area contributed by atoms with Crippen LogP contribution < -0.4 is 0 Å². The van der Waals surface area contributed by atoms with E-state index in [4.69, 9.17) is 11.6 Å². The zero-order valence-electron chi connectivity index (χ0n) is 9.46. The third kappa shape index (κ3) is 2.63. The van der Waals surface area contributed by atoms with Gasteiger partial charge in [-0.25, -0.2) is 15.0 Å². The van der Waals surface area contributed by atoms with Crippen molar-refractivity contribution in [2.45, 2.75) is 5.03 Å². The van der Waals surface area contributed by atoms with Gasteiger partial charge in [0.2, 0.25) is 0 Å². The molecule has 3 rings (SSSR count). The summed E-state index contributed by atoms with van der Waals surface area (Å²) in [6.45, 7) is 0. The third-order valence-corrected chi connectivity index (χ3v) is 4.62. The number of carbonyl (C=O) groups excluding carboxylic acids is 1. The van der Waals surface area contributed by atoms with Gasteiger partial charge >= 0.3 is 0 Å². The van der Waals surface area contributed by atoms with E-state index in [0.717, 1.165) is 0 Å². The van der Waals surface area contributed by atoms with Crippen LogP contribution in [0, 0.1) is 0 Å². The average Bonchev–Trinajstić information content (AvgIpc) is 3.04. The van der Waals surface area contributed by atoms with Crippen molar-refractivity contribution >= 4 is 51.6 Å². The smallest absolute Gasteiger partial charge is 0.183 e. The monoisotopic (exact) mass is 310 g/mol. The normalized spacial score (nSPS) is 11.0. The number of imidazole rings is 1. The molecule has 5 nitrogen and oxygen atoms in total. The topological polar surface area (TPSA) is 71.5 Å². The van der Waals surface area contributed by atoms with Crippen LogP contribution in [0.3, 0.4) is 0 Å². The van der Waals surface area contributed by atoms with Crippen LogP contribution in [-0.4, -0.2) is 31.5 Å². The first-order chi connectivity index (χ1) is 9.24. The second-order valence-corrected chi connectivity index (χ2v) is 6.27. The summed E-state index contributed by atoms with van der Waals surface area (Å²) in [6.07, 6.45) is 3.01. The zero-order chi connectivity index (χ0) is 13.2. The summed E-state index contributed by atoms with van der Waals surface area (Å²) in [5.74, 6) is 0.333. The summed E-state index contributed by atoms with van der Waals surface area (Å²) in [4.78, 5) is 27.9. The summed E-state index contributed by atoms with van der Waals surface area (Å²) in [6, 6.07) is 3.46. The number of H-pyrrole nitrogens is 1. The first-order valence-corrected chi connectivity index (χ1v) is 7.47. The highest BCUT2D eigenvalue weighted by Gasteiger charge is 2.12. The molecule has 0 atom stereocenters. The highest BCUT2D eigenvalue weighted by molar-refractivity contribution is 8.00. The summed E-state index contributed by atoms with van der Waals surface area (Å²) in [7, 11) is 0. The lowest BCUT2D eigenvalue weighted by atomic mass is 10.4. The SMILES string of the molecule is O=C(CSc1ncnc2[nH]cnc12)c1ccc(Cl)s1. The molecule has 0 amide bonds. The van der Waals surface area contributed by atoms with Crippen LogP contribution in [0.2, 0.25) is 4.34 Å². The number of carbonyl (C=O) groups is 1. The highest BCUT2D eigenvalue weighted by atomic mass is 35.5. The molecular weight excluding hydrogens is 304 g/mol. The van der Waals surface area contributed by atoms with Crippen molar-refractivity contribution < 1.29 is 4.79 Å². The molecule has 0 aliphatic carbocycles. The van der Waals surface area contributed by atoms with Gasteiger partial charge in [0, 0.05) is 0 Å². The predicted molar refractivity (Wildman–Crippen MR) is 76.1 cm³/mol. The van der Waals surface area contributed by atoms with Gasteiger partial charge in [0.25, 0.3) is 0 Å². The first-order valence-electron chi connectivity index (χ1n) is 5.29. The number of hydrogen-bond donors (Lipinski definition) is 1. The van der Waals surface area contributed by atoms with Crippen molar-refractivity contribution in [2.24, 2.45) is 0 Å². The number of ketones is 1. The number of thiophene rings is 1. The number of aromatic amines is 1. The lowest BCUT2D eigenvalue weighted by Crippen LogP contribution is -2.00. The van der Waals surface area contributed by atoms with Crippen LogP contribution in [0.5, 0.6) is 0 Å². The Morgan fingerprint density at radius 2 is 2.26 bits per heavy atom. The molecule has 8 heteroatoms. The lowest BCUT2D eigenvalue weighted by Gasteiger charge is -1.99. The van der Waals surface area contributed by atoms with Crippen LogP contribution in [0.1, 0.15) is 9.67 Å². The van der Waals surface area contributed by atoms with Gasteiger partial charge in [-0.05, 0) is 12.1 Å². The van der Waals surface area contributed by atoms with Gasteiger partial charge in [0.1, 0.15) is 16.9 Å². The molecule has 3 aromatic heterocycles. The maximum atomic E-state index is 12.0. The molecule has 0 unspecified atom stereocenters. The lowest BCUT2D eigenvalue weighted by molar-refractivity contribution is 0.102. The van der Waals surface area contributed by atoms with Gasteiger partial charge in [-0.1, -0.05) is 23.4 Å². The number of rotatable bonds is 4. The van der Waals surface area contributed by atoms with E-state index in [9.17, 15) is 4.79 Å². The number of thioether (sulfide) groups is 1. The van der Waals surface area contributed by atoms with Gasteiger partial charge in [-0.3, -0.25) is 4.79 Å². The molecule has 0 fully saturated rings. The summed E-state index contributed by atoms with van der Waals surface area (Å²) < 4.78 is 0.616. The Balaban J connectivity index is 1.76. The molecule has 0 aliphatic rings. The summed E-state index contributed by atoms with van der Waals surface area (Å²) in [5.41, 5.74) is 1.36. The second kappa shape index (κ2) is 5.28. The minimum Gasteiger partial charge on any atom is -0.329 e. The van der Waals surface area contributed by atoms with E-state index < -0.39 is 0 Å². The molecule has 0 saturated heterocycles. The summed E-state index contributed by atoms with van der Waals surface area (Å²) >= 11 is 8.44. The molecule has 0 bridgehead atoms. The van der Waals surface area contributed by atoms with E-state index in [1.165, 1.54) is 29.4 Å². The Morgan fingerprint density at radius 1 is 1.37 bits per heavy atom. The Bertz CT molecular complexity index is 739. The average molecular weight is 311 g/mol. The Kier molecular flexibility index (Phi) is 3.50.